The number of carbonyl (C=O) groups is 4. The lowest BCUT2D eigenvalue weighted by Gasteiger charge is -2.10. The predicted octanol–water partition coefficient (Wildman–Crippen LogP) is 4.04. The Bertz CT molecular complexity index is 1380. The van der Waals surface area contributed by atoms with E-state index in [1.54, 1.807) is 24.3 Å². The fourth-order valence-electron chi connectivity index (χ4n) is 3.31. The van der Waals surface area contributed by atoms with Gasteiger partial charge in [0.25, 0.3) is 5.91 Å². The minimum atomic E-state index is -0.693. The monoisotopic (exact) mass is 510 g/mol. The summed E-state index contributed by atoms with van der Waals surface area (Å²) in [6.45, 7) is -0.214. The lowest BCUT2D eigenvalue weighted by molar-refractivity contribution is -0.123. The summed E-state index contributed by atoms with van der Waals surface area (Å²) >= 11 is 6.11. The number of nitrogens with zero attached hydrogens (tertiary/aromatic N) is 1. The molecule has 2 aromatic carbocycles. The molecule has 184 valence electrons. The Balaban J connectivity index is 1.54. The van der Waals surface area contributed by atoms with Crippen LogP contribution < -0.4 is 14.8 Å². The van der Waals surface area contributed by atoms with E-state index in [2.05, 4.69) is 10.1 Å². The van der Waals surface area contributed by atoms with Gasteiger partial charge in [0.1, 0.15) is 23.0 Å². The minimum absolute atomic E-state index is 0.0578. The third kappa shape index (κ3) is 5.23. The number of esters is 2. The van der Waals surface area contributed by atoms with E-state index in [9.17, 15) is 19.2 Å². The number of imide groups is 1. The average molecular weight is 511 g/mol. The van der Waals surface area contributed by atoms with Gasteiger partial charge in [-0.25, -0.2) is 14.4 Å². The van der Waals surface area contributed by atoms with E-state index in [1.165, 1.54) is 50.6 Å². The van der Waals surface area contributed by atoms with Crippen molar-refractivity contribution in [3.05, 3.63) is 88.0 Å². The van der Waals surface area contributed by atoms with Crippen LogP contribution in [0.2, 0.25) is 5.02 Å². The van der Waals surface area contributed by atoms with Crippen LogP contribution >= 0.6 is 11.6 Å². The molecule has 1 saturated heterocycles. The first-order chi connectivity index (χ1) is 17.3. The van der Waals surface area contributed by atoms with Gasteiger partial charge in [-0.15, -0.1) is 0 Å². The third-order valence-corrected chi connectivity index (χ3v) is 5.36. The van der Waals surface area contributed by atoms with Gasteiger partial charge in [-0.1, -0.05) is 11.6 Å². The number of furan rings is 1. The van der Waals surface area contributed by atoms with Crippen molar-refractivity contribution in [1.82, 2.24) is 10.2 Å². The molecule has 0 aliphatic carbocycles. The third-order valence-electron chi connectivity index (χ3n) is 5.12. The van der Waals surface area contributed by atoms with Crippen LogP contribution in [0, 0.1) is 0 Å². The molecular weight excluding hydrogens is 492 g/mol. The molecule has 1 aliphatic rings. The molecule has 0 saturated carbocycles. The highest BCUT2D eigenvalue weighted by molar-refractivity contribution is 6.30. The van der Waals surface area contributed by atoms with E-state index in [0.29, 0.717) is 16.3 Å². The standard InChI is InChI=1S/C25H19ClN2O8/c1-33-17-6-3-14(4-7-17)23(30)36-20-9-5-16(26)11-15(20)12-19-22(29)28(25(32)27-19)13-18-8-10-21(35-18)24(31)34-2/h3-12H,13H2,1-2H3,(H,27,32)/b19-12-. The summed E-state index contributed by atoms with van der Waals surface area (Å²) in [4.78, 5) is 50.5. The van der Waals surface area contributed by atoms with E-state index in [0.717, 1.165) is 4.90 Å². The van der Waals surface area contributed by atoms with Crippen molar-refractivity contribution in [2.45, 2.75) is 6.54 Å². The molecule has 1 aliphatic heterocycles. The summed E-state index contributed by atoms with van der Waals surface area (Å²) in [5.41, 5.74) is 0.509. The molecule has 11 heteroatoms. The Hall–Kier alpha value is -4.57. The average Bonchev–Trinajstić information content (AvgIpc) is 3.45. The van der Waals surface area contributed by atoms with Crippen LogP contribution in [0.5, 0.6) is 11.5 Å². The van der Waals surface area contributed by atoms with Crippen molar-refractivity contribution >= 4 is 41.6 Å². The first kappa shape index (κ1) is 24.6. The molecule has 1 fully saturated rings. The van der Waals surface area contributed by atoms with Gasteiger partial charge in [0.2, 0.25) is 5.76 Å². The topological polar surface area (TPSA) is 124 Å². The molecule has 2 heterocycles. The molecule has 36 heavy (non-hydrogen) atoms. The molecule has 3 aromatic rings. The van der Waals surface area contributed by atoms with Gasteiger partial charge in [-0.3, -0.25) is 9.69 Å². The lowest BCUT2D eigenvalue weighted by atomic mass is 10.1. The molecule has 1 aromatic heterocycles. The Morgan fingerprint density at radius 2 is 1.78 bits per heavy atom. The molecule has 0 spiro atoms. The quantitative estimate of drug-likeness (QED) is 0.218. The fourth-order valence-corrected chi connectivity index (χ4v) is 3.49. The van der Waals surface area contributed by atoms with E-state index >= 15 is 0 Å². The van der Waals surface area contributed by atoms with Gasteiger partial charge in [-0.2, -0.15) is 0 Å². The molecule has 4 rings (SSSR count). The number of urea groups is 1. The molecule has 0 unspecified atom stereocenters. The second-order valence-electron chi connectivity index (χ2n) is 7.44. The van der Waals surface area contributed by atoms with Crippen LogP contribution in [0.4, 0.5) is 4.79 Å². The predicted molar refractivity (Wildman–Crippen MR) is 127 cm³/mol. The maximum atomic E-state index is 12.9. The van der Waals surface area contributed by atoms with Crippen LogP contribution in [-0.4, -0.2) is 43.0 Å². The first-order valence-corrected chi connectivity index (χ1v) is 10.8. The van der Waals surface area contributed by atoms with Gasteiger partial charge in [0.15, 0.2) is 0 Å². The highest BCUT2D eigenvalue weighted by atomic mass is 35.5. The highest BCUT2D eigenvalue weighted by Gasteiger charge is 2.34. The van der Waals surface area contributed by atoms with Gasteiger partial charge < -0.3 is 23.9 Å². The highest BCUT2D eigenvalue weighted by Crippen LogP contribution is 2.28. The van der Waals surface area contributed by atoms with E-state index in [-0.39, 0.29) is 35.1 Å². The van der Waals surface area contributed by atoms with Crippen molar-refractivity contribution in [3.8, 4) is 11.5 Å². The summed E-state index contributed by atoms with van der Waals surface area (Å²) in [6, 6.07) is 13.0. The van der Waals surface area contributed by atoms with Crippen LogP contribution in [-0.2, 0) is 16.1 Å². The molecule has 3 amide bonds. The van der Waals surface area contributed by atoms with Gasteiger partial charge in [-0.05, 0) is 60.7 Å². The first-order valence-electron chi connectivity index (χ1n) is 10.5. The Morgan fingerprint density at radius 1 is 1.03 bits per heavy atom. The van der Waals surface area contributed by atoms with Crippen molar-refractivity contribution in [3.63, 3.8) is 0 Å². The number of hydrogen-bond donors (Lipinski definition) is 1. The number of nitrogens with one attached hydrogen (secondary N) is 1. The Morgan fingerprint density at radius 3 is 2.47 bits per heavy atom. The zero-order chi connectivity index (χ0) is 25.8. The zero-order valence-corrected chi connectivity index (χ0v) is 19.8. The molecule has 0 radical (unpaired) electrons. The number of amides is 3. The number of carbonyl (C=O) groups excluding carboxylic acids is 4. The number of hydrogen-bond acceptors (Lipinski definition) is 8. The summed E-state index contributed by atoms with van der Waals surface area (Å²) in [5.74, 6) is -1.11. The maximum Gasteiger partial charge on any atom is 0.373 e. The van der Waals surface area contributed by atoms with E-state index in [4.69, 9.17) is 25.5 Å². The SMILES string of the molecule is COC(=O)c1ccc(CN2C(=O)N/C(=C\c3cc(Cl)ccc3OC(=O)c3ccc(OC)cc3)C2=O)o1. The summed E-state index contributed by atoms with van der Waals surface area (Å²) in [6.07, 6.45) is 1.35. The number of methoxy groups -OCH3 is 2. The maximum absolute atomic E-state index is 12.9. The Kier molecular flexibility index (Phi) is 7.07. The lowest BCUT2D eigenvalue weighted by Crippen LogP contribution is -2.30. The minimum Gasteiger partial charge on any atom is -0.497 e. The van der Waals surface area contributed by atoms with Crippen LogP contribution in [0.15, 0.2) is 64.7 Å². The molecule has 0 bridgehead atoms. The number of rotatable bonds is 7. The second kappa shape index (κ2) is 10.4. The van der Waals surface area contributed by atoms with Gasteiger partial charge in [0, 0.05) is 10.6 Å². The molecular formula is C25H19ClN2O8. The number of ether oxygens (including phenoxy) is 3. The van der Waals surface area contributed by atoms with Gasteiger partial charge >= 0.3 is 18.0 Å². The smallest absolute Gasteiger partial charge is 0.373 e. The van der Waals surface area contributed by atoms with E-state index < -0.39 is 23.9 Å². The van der Waals surface area contributed by atoms with Gasteiger partial charge in [0.05, 0.1) is 26.3 Å². The van der Waals surface area contributed by atoms with Crippen LogP contribution in [0.1, 0.15) is 32.2 Å². The summed E-state index contributed by atoms with van der Waals surface area (Å²) in [5, 5.41) is 2.80. The van der Waals surface area contributed by atoms with Crippen molar-refractivity contribution in [2.75, 3.05) is 14.2 Å². The second-order valence-corrected chi connectivity index (χ2v) is 7.87. The summed E-state index contributed by atoms with van der Waals surface area (Å²) in [7, 11) is 2.72. The van der Waals surface area contributed by atoms with Crippen molar-refractivity contribution < 1.29 is 37.8 Å². The summed E-state index contributed by atoms with van der Waals surface area (Å²) < 4.78 is 20.5. The molecule has 0 atom stereocenters. The zero-order valence-electron chi connectivity index (χ0n) is 19.1. The fraction of sp³-hybridized carbons (Fsp3) is 0.120. The normalized spacial score (nSPS) is 14.1. The van der Waals surface area contributed by atoms with Crippen LogP contribution in [0.25, 0.3) is 6.08 Å². The van der Waals surface area contributed by atoms with E-state index in [1.807, 2.05) is 0 Å². The number of halogens is 1. The Labute approximate surface area is 210 Å². The van der Waals surface area contributed by atoms with Crippen molar-refractivity contribution in [2.24, 2.45) is 0 Å². The largest absolute Gasteiger partial charge is 0.497 e. The van der Waals surface area contributed by atoms with Crippen LogP contribution in [0.3, 0.4) is 0 Å². The van der Waals surface area contributed by atoms with Crippen molar-refractivity contribution in [1.29, 1.82) is 0 Å². The molecule has 1 N–H and O–H groups in total. The molecule has 10 nitrogen and oxygen atoms in total. The number of benzene rings is 2.